The predicted molar refractivity (Wildman–Crippen MR) is 127 cm³/mol. The first-order valence-electron chi connectivity index (χ1n) is 11.3. The Kier molecular flexibility index (Phi) is 7.19. The second-order valence-corrected chi connectivity index (χ2v) is 11.0. The molecule has 1 aliphatic carbocycles. The summed E-state index contributed by atoms with van der Waals surface area (Å²) in [6.07, 6.45) is -9.00. The van der Waals surface area contributed by atoms with Crippen LogP contribution in [-0.2, 0) is 21.4 Å². The van der Waals surface area contributed by atoms with Crippen LogP contribution in [0.15, 0.2) is 41.3 Å². The van der Waals surface area contributed by atoms with Crippen molar-refractivity contribution in [2.45, 2.75) is 42.4 Å². The summed E-state index contributed by atoms with van der Waals surface area (Å²) in [5, 5.41) is 8.84. The molecule has 40 heavy (non-hydrogen) atoms. The van der Waals surface area contributed by atoms with E-state index >= 15 is 0 Å². The molecule has 2 heterocycles. The number of halogens is 6. The van der Waals surface area contributed by atoms with Gasteiger partial charge in [-0.1, -0.05) is 6.07 Å². The van der Waals surface area contributed by atoms with Crippen molar-refractivity contribution in [2.24, 2.45) is 0 Å². The van der Waals surface area contributed by atoms with Crippen LogP contribution >= 0.6 is 0 Å². The van der Waals surface area contributed by atoms with Crippen LogP contribution in [0.4, 0.5) is 32.0 Å². The van der Waals surface area contributed by atoms with E-state index in [-0.39, 0.29) is 34.9 Å². The van der Waals surface area contributed by atoms with Crippen LogP contribution in [0, 0.1) is 6.92 Å². The monoisotopic (exact) mass is 590 g/mol. The summed E-state index contributed by atoms with van der Waals surface area (Å²) in [6, 6.07) is 7.09. The highest BCUT2D eigenvalue weighted by Crippen LogP contribution is 2.58. The van der Waals surface area contributed by atoms with Gasteiger partial charge in [0.15, 0.2) is 21.3 Å². The van der Waals surface area contributed by atoms with E-state index in [1.807, 2.05) is 0 Å². The quantitative estimate of drug-likeness (QED) is 0.371. The molecule has 0 spiro atoms. The van der Waals surface area contributed by atoms with Crippen molar-refractivity contribution in [1.29, 1.82) is 0 Å². The van der Waals surface area contributed by atoms with Crippen LogP contribution in [0.5, 0.6) is 17.5 Å². The van der Waals surface area contributed by atoms with Gasteiger partial charge in [0.2, 0.25) is 0 Å². The number of amides is 1. The summed E-state index contributed by atoms with van der Waals surface area (Å²) < 4.78 is 116. The van der Waals surface area contributed by atoms with Crippen molar-refractivity contribution in [2.75, 3.05) is 18.7 Å². The Morgan fingerprint density at radius 3 is 2.25 bits per heavy atom. The maximum absolute atomic E-state index is 13.6. The maximum Gasteiger partial charge on any atom is 0.435 e. The number of anilines is 1. The fourth-order valence-corrected chi connectivity index (χ4v) is 4.60. The number of benzene rings is 1. The van der Waals surface area contributed by atoms with Gasteiger partial charge in [-0.2, -0.15) is 26.3 Å². The average molecular weight is 591 g/mol. The number of sulfone groups is 1. The molecule has 16 heteroatoms. The Balaban J connectivity index is 1.76. The number of alkyl halides is 6. The van der Waals surface area contributed by atoms with Crippen molar-refractivity contribution in [3.63, 3.8) is 0 Å². The fraction of sp³-hybridized carbons (Fsp3) is 0.333. The molecule has 0 saturated heterocycles. The third-order valence-electron chi connectivity index (χ3n) is 6.21. The van der Waals surface area contributed by atoms with Gasteiger partial charge in [-0.3, -0.25) is 4.79 Å². The van der Waals surface area contributed by atoms with Crippen LogP contribution in [0.25, 0.3) is 0 Å². The molecular weight excluding hydrogens is 570 g/mol. The number of hydrogen-bond acceptors (Lipinski definition) is 8. The molecule has 1 aromatic carbocycles. The molecule has 0 radical (unpaired) electrons. The van der Waals surface area contributed by atoms with Gasteiger partial charge in [0.1, 0.15) is 11.0 Å². The van der Waals surface area contributed by atoms with Gasteiger partial charge >= 0.3 is 12.4 Å². The normalized spacial score (nSPS) is 14.9. The molecule has 9 nitrogen and oxygen atoms in total. The fourth-order valence-electron chi connectivity index (χ4n) is 3.94. The minimum atomic E-state index is -5.00. The third-order valence-corrected chi connectivity index (χ3v) is 7.32. The lowest BCUT2D eigenvalue weighted by Crippen LogP contribution is -2.29. The number of rotatable bonds is 7. The smallest absolute Gasteiger partial charge is 0.435 e. The summed E-state index contributed by atoms with van der Waals surface area (Å²) in [6.45, 7) is 0.949. The Hall–Kier alpha value is -3.95. The molecule has 0 aliphatic heterocycles. The number of ether oxygens (including phenoxy) is 2. The van der Waals surface area contributed by atoms with Gasteiger partial charge in [0, 0.05) is 11.9 Å². The van der Waals surface area contributed by atoms with Gasteiger partial charge in [-0.25, -0.2) is 13.4 Å². The summed E-state index contributed by atoms with van der Waals surface area (Å²) in [4.78, 5) is 16.9. The second kappa shape index (κ2) is 9.91. The Morgan fingerprint density at radius 2 is 1.70 bits per heavy atom. The largest absolute Gasteiger partial charge is 0.478 e. The van der Waals surface area contributed by atoms with Crippen LogP contribution in [-0.4, -0.2) is 49.0 Å². The van der Waals surface area contributed by atoms with Gasteiger partial charge < -0.3 is 14.8 Å². The maximum atomic E-state index is 13.6. The lowest BCUT2D eigenvalue weighted by Gasteiger charge is -2.20. The van der Waals surface area contributed by atoms with E-state index in [0.717, 1.165) is 38.5 Å². The molecule has 0 unspecified atom stereocenters. The molecular formula is C24H20F6N4O5S. The SMILES string of the molecule is COc1nc(C2(C(F)(F)F)CC2)ccc1Oc1nnc(C(F)(F)F)c(C)c1C(=O)Nc1cccc(S(C)(=O)=O)c1. The number of nitrogens with one attached hydrogen (secondary N) is 1. The van der Waals surface area contributed by atoms with Crippen molar-refractivity contribution in [1.82, 2.24) is 15.2 Å². The van der Waals surface area contributed by atoms with E-state index in [1.165, 1.54) is 18.2 Å². The van der Waals surface area contributed by atoms with Crippen molar-refractivity contribution < 1.29 is 49.0 Å². The van der Waals surface area contributed by atoms with Crippen molar-refractivity contribution in [3.05, 3.63) is 58.9 Å². The van der Waals surface area contributed by atoms with E-state index in [2.05, 4.69) is 20.5 Å². The van der Waals surface area contributed by atoms with Crippen LogP contribution < -0.4 is 14.8 Å². The molecule has 1 fully saturated rings. The number of carbonyl (C=O) groups excluding carboxylic acids is 1. The second-order valence-electron chi connectivity index (χ2n) is 8.99. The Morgan fingerprint density at radius 1 is 1.02 bits per heavy atom. The van der Waals surface area contributed by atoms with Crippen molar-refractivity contribution in [3.8, 4) is 17.5 Å². The lowest BCUT2D eigenvalue weighted by atomic mass is 10.0. The van der Waals surface area contributed by atoms with Crippen LogP contribution in [0.1, 0.15) is 40.2 Å². The molecule has 1 N–H and O–H groups in total. The van der Waals surface area contributed by atoms with E-state index in [4.69, 9.17) is 9.47 Å². The highest BCUT2D eigenvalue weighted by molar-refractivity contribution is 7.90. The average Bonchev–Trinajstić information content (AvgIpc) is 3.65. The number of nitrogens with zero attached hydrogens (tertiary/aromatic N) is 3. The molecule has 4 rings (SSSR count). The molecule has 3 aromatic rings. The Bertz CT molecular complexity index is 1590. The van der Waals surface area contributed by atoms with Gasteiger partial charge in [0.05, 0.1) is 17.7 Å². The molecule has 214 valence electrons. The highest BCUT2D eigenvalue weighted by atomic mass is 32.2. The first kappa shape index (κ1) is 29.0. The van der Waals surface area contributed by atoms with Gasteiger partial charge in [0.25, 0.3) is 17.7 Å². The summed E-state index contributed by atoms with van der Waals surface area (Å²) in [5.74, 6) is -2.66. The molecule has 0 atom stereocenters. The molecule has 1 aliphatic rings. The zero-order chi connectivity index (χ0) is 29.7. The zero-order valence-electron chi connectivity index (χ0n) is 20.9. The third kappa shape index (κ3) is 5.52. The number of pyridine rings is 1. The molecule has 1 amide bonds. The molecule has 0 bridgehead atoms. The number of aromatic nitrogens is 3. The Labute approximate surface area is 223 Å². The predicted octanol–water partition coefficient (Wildman–Crippen LogP) is 5.25. The van der Waals surface area contributed by atoms with E-state index in [0.29, 0.717) is 0 Å². The number of methoxy groups -OCH3 is 1. The molecule has 1 saturated carbocycles. The van der Waals surface area contributed by atoms with E-state index in [1.54, 1.807) is 0 Å². The summed E-state index contributed by atoms with van der Waals surface area (Å²) in [5.41, 5.74) is -5.42. The number of carbonyl (C=O) groups is 1. The van der Waals surface area contributed by atoms with Crippen LogP contribution in [0.2, 0.25) is 0 Å². The standard InChI is InChI=1S/C24H20F6N4O5S/c1-12-17(19(35)31-13-5-4-6-14(11-13)40(3,36)37)21(34-33-18(12)23(25,26)27)39-15-7-8-16(32-20(15)38-2)22(9-10-22)24(28,29)30/h4-8,11H,9-10H2,1-3H3,(H,31,35). The molecule has 2 aromatic heterocycles. The minimum absolute atomic E-state index is 0.0610. The number of hydrogen-bond donors (Lipinski definition) is 1. The van der Waals surface area contributed by atoms with Gasteiger partial charge in [-0.05, 0) is 55.7 Å². The highest BCUT2D eigenvalue weighted by Gasteiger charge is 2.65. The van der Waals surface area contributed by atoms with Crippen molar-refractivity contribution >= 4 is 21.4 Å². The van der Waals surface area contributed by atoms with Crippen LogP contribution in [0.3, 0.4) is 0 Å². The lowest BCUT2D eigenvalue weighted by molar-refractivity contribution is -0.161. The summed E-state index contributed by atoms with van der Waals surface area (Å²) in [7, 11) is -2.58. The topological polar surface area (TPSA) is 120 Å². The minimum Gasteiger partial charge on any atom is -0.478 e. The summed E-state index contributed by atoms with van der Waals surface area (Å²) >= 11 is 0. The first-order valence-corrected chi connectivity index (χ1v) is 13.2. The first-order chi connectivity index (χ1) is 18.5. The zero-order valence-corrected chi connectivity index (χ0v) is 21.8. The van der Waals surface area contributed by atoms with Gasteiger partial charge in [-0.15, -0.1) is 10.2 Å². The van der Waals surface area contributed by atoms with E-state index in [9.17, 15) is 39.6 Å². The van der Waals surface area contributed by atoms with E-state index < -0.39 is 62.1 Å².